The molecule has 5 nitrogen and oxygen atoms in total. The fourth-order valence-corrected chi connectivity index (χ4v) is 2.23. The Kier molecular flexibility index (Phi) is 4.95. The van der Waals surface area contributed by atoms with Gasteiger partial charge in [-0.15, -0.1) is 11.6 Å². The number of rotatable bonds is 6. The number of carbonyl (C=O) groups excluding carboxylic acids is 1. The molecule has 2 aromatic heterocycles. The van der Waals surface area contributed by atoms with E-state index < -0.39 is 0 Å². The average molecular weight is 295 g/mol. The van der Waals surface area contributed by atoms with E-state index in [4.69, 9.17) is 11.6 Å². The van der Waals surface area contributed by atoms with Gasteiger partial charge in [0.25, 0.3) is 0 Å². The molecule has 2 heterocycles. The van der Waals surface area contributed by atoms with E-state index in [1.165, 1.54) is 0 Å². The summed E-state index contributed by atoms with van der Waals surface area (Å²) in [7, 11) is 0. The summed E-state index contributed by atoms with van der Waals surface area (Å²) in [5.74, 6) is 0.793. The molecule has 0 radical (unpaired) electrons. The van der Waals surface area contributed by atoms with E-state index in [0.717, 1.165) is 23.4 Å². The molecule has 2 rings (SSSR count). The Morgan fingerprint density at radius 3 is 3.05 bits per heavy atom. The standard InChI is InChI=1S/C14H19ClN4O/c1-3-7-16-12(20)6-9-19-13(10(2)15)18-11-5-4-8-17-14(11)19/h4-5,8,10H,3,6-7,9H2,1-2H3,(H,16,20). The molecule has 1 N–H and O–H groups in total. The molecule has 108 valence electrons. The Bertz CT molecular complexity index is 594. The lowest BCUT2D eigenvalue weighted by Gasteiger charge is -2.10. The molecule has 0 aliphatic carbocycles. The van der Waals surface area contributed by atoms with Crippen LogP contribution in [0, 0.1) is 0 Å². The monoisotopic (exact) mass is 294 g/mol. The van der Waals surface area contributed by atoms with E-state index in [9.17, 15) is 4.79 Å². The summed E-state index contributed by atoms with van der Waals surface area (Å²) < 4.78 is 1.93. The van der Waals surface area contributed by atoms with E-state index in [1.54, 1.807) is 6.20 Å². The number of alkyl halides is 1. The summed E-state index contributed by atoms with van der Waals surface area (Å²) in [5.41, 5.74) is 1.59. The number of nitrogens with one attached hydrogen (secondary N) is 1. The second kappa shape index (κ2) is 6.70. The van der Waals surface area contributed by atoms with Crippen LogP contribution in [0.1, 0.15) is 37.9 Å². The minimum atomic E-state index is -0.220. The molecule has 0 saturated heterocycles. The van der Waals surface area contributed by atoms with Crippen molar-refractivity contribution in [1.29, 1.82) is 0 Å². The van der Waals surface area contributed by atoms with Crippen molar-refractivity contribution >= 4 is 28.7 Å². The van der Waals surface area contributed by atoms with Crippen molar-refractivity contribution in [3.63, 3.8) is 0 Å². The summed E-state index contributed by atoms with van der Waals surface area (Å²) in [6, 6.07) is 3.75. The largest absolute Gasteiger partial charge is 0.356 e. The summed E-state index contributed by atoms with van der Waals surface area (Å²) in [6.07, 6.45) is 3.06. The van der Waals surface area contributed by atoms with Crippen molar-refractivity contribution < 1.29 is 4.79 Å². The zero-order chi connectivity index (χ0) is 14.5. The van der Waals surface area contributed by atoms with Gasteiger partial charge in [0.1, 0.15) is 11.3 Å². The first-order valence-electron chi connectivity index (χ1n) is 6.85. The number of halogens is 1. The second-order valence-electron chi connectivity index (χ2n) is 4.68. The van der Waals surface area contributed by atoms with Gasteiger partial charge in [-0.1, -0.05) is 6.92 Å². The van der Waals surface area contributed by atoms with Crippen LogP contribution in [0.3, 0.4) is 0 Å². The lowest BCUT2D eigenvalue weighted by Crippen LogP contribution is -2.25. The molecule has 1 atom stereocenters. The fraction of sp³-hybridized carbons (Fsp3) is 0.500. The number of amides is 1. The van der Waals surface area contributed by atoms with Gasteiger partial charge in [0.05, 0.1) is 5.38 Å². The topological polar surface area (TPSA) is 59.8 Å². The maximum absolute atomic E-state index is 11.7. The predicted molar refractivity (Wildman–Crippen MR) is 79.7 cm³/mol. The lowest BCUT2D eigenvalue weighted by molar-refractivity contribution is -0.121. The number of hydrogen-bond acceptors (Lipinski definition) is 3. The lowest BCUT2D eigenvalue weighted by atomic mass is 10.3. The fourth-order valence-electron chi connectivity index (χ4n) is 2.07. The van der Waals surface area contributed by atoms with E-state index >= 15 is 0 Å². The Hall–Kier alpha value is -1.62. The SMILES string of the molecule is CCCNC(=O)CCn1c(C(C)Cl)nc2cccnc21. The van der Waals surface area contributed by atoms with Crippen LogP contribution in [-0.4, -0.2) is 27.0 Å². The maximum Gasteiger partial charge on any atom is 0.221 e. The number of hydrogen-bond donors (Lipinski definition) is 1. The molecule has 1 unspecified atom stereocenters. The molecule has 0 fully saturated rings. The first-order chi connectivity index (χ1) is 9.63. The van der Waals surface area contributed by atoms with E-state index in [2.05, 4.69) is 15.3 Å². The van der Waals surface area contributed by atoms with E-state index in [0.29, 0.717) is 19.5 Å². The van der Waals surface area contributed by atoms with Crippen molar-refractivity contribution in [3.05, 3.63) is 24.2 Å². The van der Waals surface area contributed by atoms with Crippen molar-refractivity contribution in [2.24, 2.45) is 0 Å². The van der Waals surface area contributed by atoms with Crippen molar-refractivity contribution in [2.75, 3.05) is 6.54 Å². The number of fused-ring (bicyclic) bond motifs is 1. The number of aromatic nitrogens is 3. The zero-order valence-corrected chi connectivity index (χ0v) is 12.5. The summed E-state index contributed by atoms with van der Waals surface area (Å²) >= 11 is 6.17. The third-order valence-corrected chi connectivity index (χ3v) is 3.22. The zero-order valence-electron chi connectivity index (χ0n) is 11.8. The smallest absolute Gasteiger partial charge is 0.221 e. The first kappa shape index (κ1) is 14.8. The molecule has 0 aliphatic rings. The van der Waals surface area contributed by atoms with Gasteiger partial charge in [-0.05, 0) is 25.5 Å². The number of carbonyl (C=O) groups is 1. The molecule has 1 amide bonds. The molecule has 6 heteroatoms. The molecular formula is C14H19ClN4O. The van der Waals surface area contributed by atoms with Crippen LogP contribution in [-0.2, 0) is 11.3 Å². The molecule has 0 aromatic carbocycles. The van der Waals surface area contributed by atoms with Crippen molar-refractivity contribution in [2.45, 2.75) is 38.6 Å². The molecule has 2 aromatic rings. The molecular weight excluding hydrogens is 276 g/mol. The van der Waals surface area contributed by atoms with Crippen LogP contribution < -0.4 is 5.32 Å². The highest BCUT2D eigenvalue weighted by Crippen LogP contribution is 2.23. The van der Waals surface area contributed by atoms with Crippen LogP contribution >= 0.6 is 11.6 Å². The molecule has 0 aliphatic heterocycles. The third kappa shape index (κ3) is 3.28. The van der Waals surface area contributed by atoms with Gasteiger partial charge in [0.15, 0.2) is 5.65 Å². The van der Waals surface area contributed by atoms with Crippen LogP contribution in [0.15, 0.2) is 18.3 Å². The Morgan fingerprint density at radius 1 is 1.55 bits per heavy atom. The van der Waals surface area contributed by atoms with Crippen LogP contribution in [0.4, 0.5) is 0 Å². The minimum absolute atomic E-state index is 0.0396. The van der Waals surface area contributed by atoms with Gasteiger partial charge in [0, 0.05) is 25.7 Å². The second-order valence-corrected chi connectivity index (χ2v) is 5.34. The summed E-state index contributed by atoms with van der Waals surface area (Å²) in [6.45, 7) is 5.15. The van der Waals surface area contributed by atoms with E-state index in [1.807, 2.05) is 30.5 Å². The molecule has 0 saturated carbocycles. The van der Waals surface area contributed by atoms with Crippen LogP contribution in [0.5, 0.6) is 0 Å². The Labute approximate surface area is 123 Å². The van der Waals surface area contributed by atoms with Crippen molar-refractivity contribution in [1.82, 2.24) is 19.9 Å². The first-order valence-corrected chi connectivity index (χ1v) is 7.29. The highest BCUT2D eigenvalue weighted by molar-refractivity contribution is 6.20. The van der Waals surface area contributed by atoms with Gasteiger partial charge in [-0.3, -0.25) is 4.79 Å². The minimum Gasteiger partial charge on any atom is -0.356 e. The Balaban J connectivity index is 2.19. The Morgan fingerprint density at radius 2 is 2.35 bits per heavy atom. The van der Waals surface area contributed by atoms with Gasteiger partial charge >= 0.3 is 0 Å². The van der Waals surface area contributed by atoms with E-state index in [-0.39, 0.29) is 11.3 Å². The van der Waals surface area contributed by atoms with Gasteiger partial charge in [-0.2, -0.15) is 0 Å². The highest BCUT2D eigenvalue weighted by atomic mass is 35.5. The molecule has 0 spiro atoms. The van der Waals surface area contributed by atoms with Crippen molar-refractivity contribution in [3.8, 4) is 0 Å². The molecule has 20 heavy (non-hydrogen) atoms. The van der Waals surface area contributed by atoms with Crippen LogP contribution in [0.2, 0.25) is 0 Å². The maximum atomic E-state index is 11.7. The van der Waals surface area contributed by atoms with Gasteiger partial charge < -0.3 is 9.88 Å². The quantitative estimate of drug-likeness (QED) is 0.833. The number of imidazole rings is 1. The number of pyridine rings is 1. The van der Waals surface area contributed by atoms with Gasteiger partial charge in [0.2, 0.25) is 5.91 Å². The molecule has 0 bridgehead atoms. The predicted octanol–water partition coefficient (Wildman–Crippen LogP) is 2.65. The summed E-state index contributed by atoms with van der Waals surface area (Å²) in [5, 5.41) is 2.65. The van der Waals surface area contributed by atoms with Gasteiger partial charge in [-0.25, -0.2) is 9.97 Å². The number of nitrogens with zero attached hydrogens (tertiary/aromatic N) is 3. The summed E-state index contributed by atoms with van der Waals surface area (Å²) in [4.78, 5) is 20.5. The third-order valence-electron chi connectivity index (χ3n) is 3.02. The van der Waals surface area contributed by atoms with Crippen LogP contribution in [0.25, 0.3) is 11.2 Å². The normalized spacial score (nSPS) is 12.6. The highest BCUT2D eigenvalue weighted by Gasteiger charge is 2.16. The average Bonchev–Trinajstić information content (AvgIpc) is 2.82. The number of aryl methyl sites for hydroxylation is 1.